The number of carbonyl (C=O) groups is 1. The van der Waals surface area contributed by atoms with Gasteiger partial charge in [-0.05, 0) is 51.8 Å². The van der Waals surface area contributed by atoms with E-state index in [0.717, 1.165) is 18.2 Å². The summed E-state index contributed by atoms with van der Waals surface area (Å²) in [5, 5.41) is 32.5. The van der Waals surface area contributed by atoms with E-state index in [2.05, 4.69) is 21.2 Å². The van der Waals surface area contributed by atoms with Gasteiger partial charge in [0.2, 0.25) is 0 Å². The van der Waals surface area contributed by atoms with Crippen LogP contribution in [0.4, 0.5) is 15.8 Å². The second kappa shape index (κ2) is 11.1. The number of nitro groups is 1. The van der Waals surface area contributed by atoms with Gasteiger partial charge in [-0.15, -0.1) is 0 Å². The highest BCUT2D eigenvalue weighted by molar-refractivity contribution is 9.10. The van der Waals surface area contributed by atoms with Crippen LogP contribution in [-0.2, 0) is 11.4 Å². The summed E-state index contributed by atoms with van der Waals surface area (Å²) in [6.45, 7) is -0.0542. The number of non-ortho nitro benzene ring substituents is 1. The van der Waals surface area contributed by atoms with E-state index in [1.165, 1.54) is 25.3 Å². The molecule has 0 saturated carbocycles. The monoisotopic (exact) mass is 541 g/mol. The second-order valence-corrected chi connectivity index (χ2v) is 7.85. The van der Waals surface area contributed by atoms with Crippen LogP contribution in [-0.4, -0.2) is 23.0 Å². The maximum Gasteiger partial charge on any atom is 0.273 e. The third-order valence-electron chi connectivity index (χ3n) is 4.70. The molecule has 0 heterocycles. The topological polar surface area (TPSA) is 135 Å². The van der Waals surface area contributed by atoms with Crippen molar-refractivity contribution in [2.24, 2.45) is 0 Å². The summed E-state index contributed by atoms with van der Waals surface area (Å²) in [5.74, 6) is -1.21. The Hall–Kier alpha value is -4.43. The van der Waals surface area contributed by atoms with Gasteiger partial charge in [-0.25, -0.2) is 4.39 Å². The number of carbonyl (C=O) groups excluding carboxylic acids is 1. The molecule has 11 heteroatoms. The third kappa shape index (κ3) is 6.13. The molecule has 0 aliphatic rings. The number of phenols is 1. The lowest BCUT2D eigenvalue weighted by Gasteiger charge is -2.14. The van der Waals surface area contributed by atoms with Crippen LogP contribution in [0.1, 0.15) is 11.1 Å². The number of anilines is 1. The average Bonchev–Trinajstić information content (AvgIpc) is 2.83. The molecule has 0 unspecified atom stereocenters. The Balaban J connectivity index is 1.83. The number of nitrogens with one attached hydrogen (secondary N) is 1. The Morgan fingerprint density at radius 2 is 2.03 bits per heavy atom. The first-order chi connectivity index (χ1) is 16.7. The number of amides is 1. The number of ether oxygens (including phenoxy) is 2. The van der Waals surface area contributed by atoms with Crippen molar-refractivity contribution in [3.05, 3.63) is 91.7 Å². The normalized spacial score (nSPS) is 10.9. The van der Waals surface area contributed by atoms with E-state index >= 15 is 0 Å². The Kier molecular flexibility index (Phi) is 8.01. The fraction of sp³-hybridized carbons (Fsp3) is 0.0833. The molecule has 0 fully saturated rings. The number of rotatable bonds is 8. The van der Waals surface area contributed by atoms with Crippen molar-refractivity contribution in [1.29, 1.82) is 5.26 Å². The molecule has 3 rings (SSSR count). The molecule has 3 aromatic rings. The van der Waals surface area contributed by atoms with Crippen LogP contribution in [0, 0.1) is 27.3 Å². The van der Waals surface area contributed by atoms with Gasteiger partial charge in [0.05, 0.1) is 28.3 Å². The maximum atomic E-state index is 13.9. The fourth-order valence-electron chi connectivity index (χ4n) is 2.97. The molecular formula is C24H17BrFN3O6. The van der Waals surface area contributed by atoms with Crippen LogP contribution in [0.25, 0.3) is 6.08 Å². The molecule has 2 N–H and O–H groups in total. The summed E-state index contributed by atoms with van der Waals surface area (Å²) in [7, 11) is 1.40. The molecule has 0 bridgehead atoms. The van der Waals surface area contributed by atoms with E-state index in [9.17, 15) is 29.7 Å². The lowest BCUT2D eigenvalue weighted by Crippen LogP contribution is -2.13. The first-order valence-corrected chi connectivity index (χ1v) is 10.7. The van der Waals surface area contributed by atoms with Crippen LogP contribution in [0.5, 0.6) is 17.2 Å². The van der Waals surface area contributed by atoms with Gasteiger partial charge in [-0.3, -0.25) is 14.9 Å². The Bertz CT molecular complexity index is 1370. The standard InChI is InChI=1S/C24H17BrFN3O6/c1-34-22-10-14(9-18(25)23(22)35-13-15-4-2-3-5-19(15)26)8-16(12-27)24(31)28-20-7-6-17(29(32)33)11-21(20)30/h2-11,30H,13H2,1H3,(H,28,31)/b16-8+. The van der Waals surface area contributed by atoms with Gasteiger partial charge in [-0.1, -0.05) is 18.2 Å². The van der Waals surface area contributed by atoms with E-state index in [4.69, 9.17) is 9.47 Å². The molecule has 0 aliphatic carbocycles. The summed E-state index contributed by atoms with van der Waals surface area (Å²) >= 11 is 3.36. The molecule has 178 valence electrons. The van der Waals surface area contributed by atoms with Gasteiger partial charge < -0.3 is 19.9 Å². The zero-order chi connectivity index (χ0) is 25.5. The van der Waals surface area contributed by atoms with Crippen molar-refractivity contribution in [1.82, 2.24) is 0 Å². The number of benzene rings is 3. The molecule has 9 nitrogen and oxygen atoms in total. The number of hydrogen-bond donors (Lipinski definition) is 2. The summed E-state index contributed by atoms with van der Waals surface area (Å²) in [6.07, 6.45) is 1.28. The summed E-state index contributed by atoms with van der Waals surface area (Å²) in [4.78, 5) is 22.7. The fourth-order valence-corrected chi connectivity index (χ4v) is 3.55. The number of nitriles is 1. The number of aromatic hydroxyl groups is 1. The average molecular weight is 542 g/mol. The predicted octanol–water partition coefficient (Wildman–Crippen LogP) is 5.34. The molecule has 0 aromatic heterocycles. The van der Waals surface area contributed by atoms with E-state index < -0.39 is 22.4 Å². The number of methoxy groups -OCH3 is 1. The van der Waals surface area contributed by atoms with Crippen LogP contribution in [0.15, 0.2) is 64.6 Å². The molecule has 0 aliphatic heterocycles. The molecule has 3 aromatic carbocycles. The van der Waals surface area contributed by atoms with E-state index in [1.807, 2.05) is 0 Å². The highest BCUT2D eigenvalue weighted by Gasteiger charge is 2.17. The quantitative estimate of drug-likeness (QED) is 0.129. The van der Waals surface area contributed by atoms with Crippen molar-refractivity contribution in [3.8, 4) is 23.3 Å². The highest BCUT2D eigenvalue weighted by atomic mass is 79.9. The smallest absolute Gasteiger partial charge is 0.273 e. The summed E-state index contributed by atoms with van der Waals surface area (Å²) in [6, 6.07) is 14.2. The van der Waals surface area contributed by atoms with Crippen LogP contribution < -0.4 is 14.8 Å². The number of halogens is 2. The Morgan fingerprint density at radius 3 is 2.66 bits per heavy atom. The van der Waals surface area contributed by atoms with E-state index in [0.29, 0.717) is 21.3 Å². The van der Waals surface area contributed by atoms with Crippen molar-refractivity contribution in [2.45, 2.75) is 6.61 Å². The van der Waals surface area contributed by atoms with Crippen molar-refractivity contribution < 1.29 is 28.7 Å². The van der Waals surface area contributed by atoms with Crippen LogP contribution >= 0.6 is 15.9 Å². The van der Waals surface area contributed by atoms with Gasteiger partial charge in [0, 0.05) is 11.6 Å². The molecule has 0 atom stereocenters. The van der Waals surface area contributed by atoms with Gasteiger partial charge in [0.25, 0.3) is 11.6 Å². The minimum absolute atomic E-state index is 0.0542. The van der Waals surface area contributed by atoms with Gasteiger partial charge >= 0.3 is 0 Å². The number of hydrogen-bond acceptors (Lipinski definition) is 7. The maximum absolute atomic E-state index is 13.9. The van der Waals surface area contributed by atoms with Crippen molar-refractivity contribution in [2.75, 3.05) is 12.4 Å². The lowest BCUT2D eigenvalue weighted by molar-refractivity contribution is -0.384. The number of nitro benzene ring substituents is 1. The first-order valence-electron chi connectivity index (χ1n) is 9.87. The van der Waals surface area contributed by atoms with Crippen LogP contribution in [0.2, 0.25) is 0 Å². The van der Waals surface area contributed by atoms with Crippen molar-refractivity contribution in [3.63, 3.8) is 0 Å². The third-order valence-corrected chi connectivity index (χ3v) is 5.29. The van der Waals surface area contributed by atoms with Crippen molar-refractivity contribution >= 4 is 39.3 Å². The van der Waals surface area contributed by atoms with Gasteiger partial charge in [0.15, 0.2) is 11.5 Å². The number of phenolic OH excluding ortho intramolecular Hbond substituents is 1. The largest absolute Gasteiger partial charge is 0.506 e. The highest BCUT2D eigenvalue weighted by Crippen LogP contribution is 2.38. The molecular weight excluding hydrogens is 525 g/mol. The Labute approximate surface area is 207 Å². The zero-order valence-electron chi connectivity index (χ0n) is 18.1. The summed E-state index contributed by atoms with van der Waals surface area (Å²) < 4.78 is 25.4. The first kappa shape index (κ1) is 25.2. The van der Waals surface area contributed by atoms with Crippen LogP contribution in [0.3, 0.4) is 0 Å². The predicted molar refractivity (Wildman–Crippen MR) is 128 cm³/mol. The molecule has 0 saturated heterocycles. The number of nitrogens with zero attached hydrogens (tertiary/aromatic N) is 2. The Morgan fingerprint density at radius 1 is 1.29 bits per heavy atom. The van der Waals surface area contributed by atoms with Gasteiger partial charge in [-0.2, -0.15) is 5.26 Å². The van der Waals surface area contributed by atoms with Gasteiger partial charge in [0.1, 0.15) is 29.8 Å². The minimum Gasteiger partial charge on any atom is -0.506 e. The molecule has 0 spiro atoms. The van der Waals surface area contributed by atoms with E-state index in [1.54, 1.807) is 30.3 Å². The molecule has 35 heavy (non-hydrogen) atoms. The second-order valence-electron chi connectivity index (χ2n) is 7.00. The SMILES string of the molecule is COc1cc(/C=C(\C#N)C(=O)Nc2ccc([N+](=O)[O-])cc2O)cc(Br)c1OCc1ccccc1F. The molecule has 0 radical (unpaired) electrons. The van der Waals surface area contributed by atoms with E-state index in [-0.39, 0.29) is 29.3 Å². The lowest BCUT2D eigenvalue weighted by atomic mass is 10.1. The summed E-state index contributed by atoms with van der Waals surface area (Å²) in [5.41, 5.74) is -0.00473. The minimum atomic E-state index is -0.841. The zero-order valence-corrected chi connectivity index (χ0v) is 19.7. The molecule has 1 amide bonds.